The largest absolute Gasteiger partial charge is 0.351 e. The van der Waals surface area contributed by atoms with E-state index >= 15 is 0 Å². The highest BCUT2D eigenvalue weighted by atomic mass is 35.5. The lowest BCUT2D eigenvalue weighted by Crippen LogP contribution is -2.46. The van der Waals surface area contributed by atoms with Crippen molar-refractivity contribution in [3.63, 3.8) is 0 Å². The molecule has 2 heterocycles. The summed E-state index contributed by atoms with van der Waals surface area (Å²) < 4.78 is 5.79. The van der Waals surface area contributed by atoms with E-state index in [2.05, 4.69) is 48.3 Å². The van der Waals surface area contributed by atoms with Gasteiger partial charge in [-0.3, -0.25) is 0 Å². The van der Waals surface area contributed by atoms with Crippen molar-refractivity contribution in [2.75, 3.05) is 6.54 Å². The first-order valence-electron chi connectivity index (χ1n) is 11.0. The highest BCUT2D eigenvalue weighted by Gasteiger charge is 2.33. The number of aromatic nitrogens is 2. The van der Waals surface area contributed by atoms with E-state index in [-0.39, 0.29) is 6.04 Å². The maximum atomic E-state index is 6.30. The van der Waals surface area contributed by atoms with Crippen molar-refractivity contribution in [2.24, 2.45) is 0 Å². The molecule has 1 aromatic heterocycles. The number of allylic oxidation sites excluding steroid dienone is 1. The number of rotatable bonds is 7. The van der Waals surface area contributed by atoms with Gasteiger partial charge in [0.15, 0.2) is 5.11 Å². The molecule has 1 atom stereocenters. The Balaban J connectivity index is 1.78. The van der Waals surface area contributed by atoms with Crippen molar-refractivity contribution in [3.8, 4) is 11.4 Å². The minimum absolute atomic E-state index is 0.227. The predicted octanol–water partition coefficient (Wildman–Crippen LogP) is 6.41. The normalized spacial score (nSPS) is 16.4. The molecule has 0 saturated carbocycles. The molecule has 0 fully saturated rings. The summed E-state index contributed by atoms with van der Waals surface area (Å²) in [5.74, 6) is 1.06. The Morgan fingerprint density at radius 3 is 2.62 bits per heavy atom. The number of halogens is 1. The number of aryl methyl sites for hydroxylation is 1. The molecule has 0 bridgehead atoms. The monoisotopic (exact) mass is 466 g/mol. The SMILES string of the molecule is CCCCN1C(=S)NC(c2cccc(Cl)c2)C(c2nc(-c3ccc(CC)cc3)no2)=C1C. The molecule has 1 N–H and O–H groups in total. The minimum Gasteiger partial charge on any atom is -0.351 e. The Morgan fingerprint density at radius 2 is 1.94 bits per heavy atom. The van der Waals surface area contributed by atoms with Gasteiger partial charge in [-0.2, -0.15) is 4.98 Å². The second-order valence-corrected chi connectivity index (χ2v) is 8.74. The van der Waals surface area contributed by atoms with Gasteiger partial charge in [0, 0.05) is 22.8 Å². The third kappa shape index (κ3) is 4.57. The minimum atomic E-state index is -0.227. The molecule has 1 aliphatic rings. The van der Waals surface area contributed by atoms with Crippen LogP contribution in [0.3, 0.4) is 0 Å². The Morgan fingerprint density at radius 1 is 1.16 bits per heavy atom. The summed E-state index contributed by atoms with van der Waals surface area (Å²) in [6, 6.07) is 15.8. The van der Waals surface area contributed by atoms with Gasteiger partial charge < -0.3 is 14.7 Å². The highest BCUT2D eigenvalue weighted by molar-refractivity contribution is 7.80. The van der Waals surface area contributed by atoms with Gasteiger partial charge in [0.25, 0.3) is 5.89 Å². The van der Waals surface area contributed by atoms with Crippen LogP contribution in [0.5, 0.6) is 0 Å². The van der Waals surface area contributed by atoms with E-state index in [0.717, 1.165) is 48.2 Å². The third-order valence-electron chi connectivity index (χ3n) is 5.79. The molecule has 5 nitrogen and oxygen atoms in total. The lowest BCUT2D eigenvalue weighted by molar-refractivity contribution is 0.395. The summed E-state index contributed by atoms with van der Waals surface area (Å²) >= 11 is 12.0. The zero-order valence-corrected chi connectivity index (χ0v) is 20.1. The Kier molecular flexibility index (Phi) is 6.92. The molecule has 0 saturated heterocycles. The van der Waals surface area contributed by atoms with E-state index in [9.17, 15) is 0 Å². The topological polar surface area (TPSA) is 54.2 Å². The van der Waals surface area contributed by atoms with Gasteiger partial charge in [-0.15, -0.1) is 0 Å². The fourth-order valence-electron chi connectivity index (χ4n) is 3.92. The van der Waals surface area contributed by atoms with E-state index in [0.29, 0.717) is 21.9 Å². The zero-order valence-electron chi connectivity index (χ0n) is 18.6. The smallest absolute Gasteiger partial charge is 0.258 e. The van der Waals surface area contributed by atoms with E-state index in [1.54, 1.807) is 0 Å². The highest BCUT2D eigenvalue weighted by Crippen LogP contribution is 2.38. The van der Waals surface area contributed by atoms with E-state index in [4.69, 9.17) is 33.3 Å². The van der Waals surface area contributed by atoms with Crippen LogP contribution in [0.1, 0.15) is 56.7 Å². The standard InChI is InChI=1S/C25H27ClN4OS/c1-4-6-14-30-16(3)21(22(27-25(30)32)19-8-7-9-20(26)15-19)24-28-23(29-31-24)18-12-10-17(5-2)11-13-18/h7-13,15,22H,4-6,14H2,1-3H3,(H,27,32). The van der Waals surface area contributed by atoms with Crippen molar-refractivity contribution in [2.45, 2.75) is 46.1 Å². The first kappa shape index (κ1) is 22.5. The van der Waals surface area contributed by atoms with Gasteiger partial charge in [-0.25, -0.2) is 0 Å². The van der Waals surface area contributed by atoms with E-state index in [1.165, 1.54) is 5.56 Å². The lowest BCUT2D eigenvalue weighted by Gasteiger charge is -2.37. The molecule has 1 unspecified atom stereocenters. The van der Waals surface area contributed by atoms with E-state index in [1.807, 2.05) is 36.4 Å². The summed E-state index contributed by atoms with van der Waals surface area (Å²) in [4.78, 5) is 6.89. The van der Waals surface area contributed by atoms with Crippen molar-refractivity contribution < 1.29 is 4.52 Å². The second-order valence-electron chi connectivity index (χ2n) is 7.92. The quantitative estimate of drug-likeness (QED) is 0.406. The summed E-state index contributed by atoms with van der Waals surface area (Å²) in [6.45, 7) is 7.20. The van der Waals surface area contributed by atoms with Gasteiger partial charge >= 0.3 is 0 Å². The molecule has 1 aliphatic heterocycles. The van der Waals surface area contributed by atoms with Crippen LogP contribution in [0.2, 0.25) is 5.02 Å². The number of hydrogen-bond donors (Lipinski definition) is 1. The molecule has 2 aromatic carbocycles. The second kappa shape index (κ2) is 9.84. The fourth-order valence-corrected chi connectivity index (χ4v) is 4.46. The average molecular weight is 467 g/mol. The molecule has 0 spiro atoms. The number of nitrogens with one attached hydrogen (secondary N) is 1. The molecular weight excluding hydrogens is 440 g/mol. The third-order valence-corrected chi connectivity index (χ3v) is 6.36. The van der Waals surface area contributed by atoms with Crippen molar-refractivity contribution in [1.82, 2.24) is 20.4 Å². The maximum Gasteiger partial charge on any atom is 0.258 e. The molecule has 4 rings (SSSR count). The van der Waals surface area contributed by atoms with Crippen LogP contribution >= 0.6 is 23.8 Å². The van der Waals surface area contributed by atoms with Gasteiger partial charge in [0.1, 0.15) is 0 Å². The van der Waals surface area contributed by atoms with Crippen LogP contribution < -0.4 is 5.32 Å². The van der Waals surface area contributed by atoms with Gasteiger partial charge in [-0.1, -0.05) is 73.4 Å². The van der Waals surface area contributed by atoms with Crippen molar-refractivity contribution >= 4 is 34.5 Å². The first-order valence-corrected chi connectivity index (χ1v) is 11.8. The molecule has 7 heteroatoms. The van der Waals surface area contributed by atoms with Crippen LogP contribution in [-0.2, 0) is 6.42 Å². The summed E-state index contributed by atoms with van der Waals surface area (Å²) in [5, 5.41) is 9.12. The van der Waals surface area contributed by atoms with Crippen LogP contribution in [0.25, 0.3) is 17.0 Å². The van der Waals surface area contributed by atoms with Crippen LogP contribution in [-0.4, -0.2) is 26.7 Å². The molecular formula is C25H27ClN4OS. The van der Waals surface area contributed by atoms with Crippen molar-refractivity contribution in [1.29, 1.82) is 0 Å². The maximum absolute atomic E-state index is 6.30. The summed E-state index contributed by atoms with van der Waals surface area (Å²) in [7, 11) is 0. The Labute approximate surface area is 199 Å². The van der Waals surface area contributed by atoms with Crippen LogP contribution in [0, 0.1) is 0 Å². The molecule has 0 aliphatic carbocycles. The first-order chi connectivity index (χ1) is 15.5. The number of unbranched alkanes of at least 4 members (excludes halogenated alkanes) is 1. The number of nitrogens with zero attached hydrogens (tertiary/aromatic N) is 3. The predicted molar refractivity (Wildman–Crippen MR) is 133 cm³/mol. The van der Waals surface area contributed by atoms with Crippen LogP contribution in [0.15, 0.2) is 58.8 Å². The van der Waals surface area contributed by atoms with Crippen molar-refractivity contribution in [3.05, 3.63) is 76.3 Å². The molecule has 166 valence electrons. The average Bonchev–Trinajstić information content (AvgIpc) is 3.28. The Bertz CT molecular complexity index is 1140. The summed E-state index contributed by atoms with van der Waals surface area (Å²) in [5.41, 5.74) is 5.13. The van der Waals surface area contributed by atoms with Crippen LogP contribution in [0.4, 0.5) is 0 Å². The Hall–Kier alpha value is -2.70. The fraction of sp³-hybridized carbons (Fsp3) is 0.320. The number of benzene rings is 2. The molecule has 32 heavy (non-hydrogen) atoms. The summed E-state index contributed by atoms with van der Waals surface area (Å²) in [6.07, 6.45) is 3.11. The number of thiocarbonyl (C=S) groups is 1. The van der Waals surface area contributed by atoms with Gasteiger partial charge in [-0.05, 0) is 55.2 Å². The molecule has 0 radical (unpaired) electrons. The van der Waals surface area contributed by atoms with Gasteiger partial charge in [0.2, 0.25) is 5.82 Å². The molecule has 0 amide bonds. The van der Waals surface area contributed by atoms with Gasteiger partial charge in [0.05, 0.1) is 11.6 Å². The number of hydrogen-bond acceptors (Lipinski definition) is 4. The lowest BCUT2D eigenvalue weighted by atomic mass is 9.94. The zero-order chi connectivity index (χ0) is 22.7. The molecule has 3 aromatic rings. The van der Waals surface area contributed by atoms with E-state index < -0.39 is 0 Å².